The molecule has 27 heavy (non-hydrogen) atoms. The van der Waals surface area contributed by atoms with Gasteiger partial charge < -0.3 is 16.4 Å². The highest BCUT2D eigenvalue weighted by Gasteiger charge is 2.24. The molecule has 7 heteroatoms. The minimum Gasteiger partial charge on any atom is -0.347 e. The summed E-state index contributed by atoms with van der Waals surface area (Å²) in [4.78, 5) is 25.2. The monoisotopic (exact) mass is 386 g/mol. The van der Waals surface area contributed by atoms with Crippen molar-refractivity contribution in [3.05, 3.63) is 47.3 Å². The largest absolute Gasteiger partial charge is 0.347 e. The minimum atomic E-state index is -0.336. The van der Waals surface area contributed by atoms with Crippen LogP contribution >= 0.6 is 11.3 Å². The summed E-state index contributed by atoms with van der Waals surface area (Å²) in [6.07, 6.45) is 5.94. The van der Waals surface area contributed by atoms with Crippen LogP contribution in [0.5, 0.6) is 0 Å². The van der Waals surface area contributed by atoms with Gasteiger partial charge in [0.2, 0.25) is 0 Å². The zero-order chi connectivity index (χ0) is 19.1. The maximum absolute atomic E-state index is 12.6. The molecule has 3 rings (SSSR count). The first-order valence-corrected chi connectivity index (χ1v) is 10.2. The molecule has 1 saturated carbocycles. The van der Waals surface area contributed by atoms with Crippen molar-refractivity contribution in [3.8, 4) is 0 Å². The first kappa shape index (κ1) is 19.4. The van der Waals surface area contributed by atoms with Crippen LogP contribution in [0.25, 0.3) is 0 Å². The summed E-state index contributed by atoms with van der Waals surface area (Å²) in [5.74, 6) is 0.333. The molecule has 1 aromatic heterocycles. The van der Waals surface area contributed by atoms with Crippen molar-refractivity contribution in [3.63, 3.8) is 0 Å². The van der Waals surface area contributed by atoms with Gasteiger partial charge in [0, 0.05) is 18.3 Å². The molecule has 0 bridgehead atoms. The van der Waals surface area contributed by atoms with Crippen LogP contribution in [0.15, 0.2) is 42.5 Å². The lowest BCUT2D eigenvalue weighted by Gasteiger charge is -2.29. The van der Waals surface area contributed by atoms with Crippen LogP contribution in [0.3, 0.4) is 0 Å². The zero-order valence-corrected chi connectivity index (χ0v) is 16.1. The van der Waals surface area contributed by atoms with Crippen LogP contribution in [-0.4, -0.2) is 24.5 Å². The van der Waals surface area contributed by atoms with Crippen LogP contribution in [0.1, 0.15) is 41.8 Å². The summed E-state index contributed by atoms with van der Waals surface area (Å²) in [7, 11) is 0. The Balaban J connectivity index is 1.54. The highest BCUT2D eigenvalue weighted by Crippen LogP contribution is 2.27. The number of anilines is 2. The molecule has 1 unspecified atom stereocenters. The van der Waals surface area contributed by atoms with E-state index >= 15 is 0 Å². The fourth-order valence-corrected chi connectivity index (χ4v) is 4.27. The smallest absolute Gasteiger partial charge is 0.324 e. The van der Waals surface area contributed by atoms with E-state index in [0.717, 1.165) is 12.8 Å². The minimum absolute atomic E-state index is 0.0117. The number of amides is 3. The molecule has 0 saturated heterocycles. The molecule has 1 heterocycles. The number of thiophene rings is 1. The van der Waals surface area contributed by atoms with Gasteiger partial charge in [-0.2, -0.15) is 0 Å². The second-order valence-electron chi connectivity index (χ2n) is 6.82. The number of nitrogens with one attached hydrogen (secondary N) is 3. The van der Waals surface area contributed by atoms with Gasteiger partial charge in [0.05, 0.1) is 9.88 Å². The Hall–Kier alpha value is -2.38. The van der Waals surface area contributed by atoms with Crippen LogP contribution in [0.4, 0.5) is 15.5 Å². The molecule has 5 N–H and O–H groups in total. The summed E-state index contributed by atoms with van der Waals surface area (Å²) < 4.78 is 0. The molecule has 144 valence electrons. The number of benzene rings is 1. The number of hydrogen-bond acceptors (Lipinski definition) is 4. The maximum atomic E-state index is 12.6. The Morgan fingerprint density at radius 2 is 1.78 bits per heavy atom. The van der Waals surface area contributed by atoms with Crippen LogP contribution in [-0.2, 0) is 0 Å². The van der Waals surface area contributed by atoms with Crippen molar-refractivity contribution in [2.75, 3.05) is 17.2 Å². The number of para-hydroxylation sites is 1. The fraction of sp³-hybridized carbons (Fsp3) is 0.400. The van der Waals surface area contributed by atoms with Crippen LogP contribution < -0.4 is 21.7 Å². The second kappa shape index (κ2) is 9.53. The lowest BCUT2D eigenvalue weighted by molar-refractivity contribution is 0.0919. The van der Waals surface area contributed by atoms with Crippen molar-refractivity contribution >= 4 is 34.0 Å². The molecule has 1 aliphatic carbocycles. The molecule has 1 fully saturated rings. The van der Waals surface area contributed by atoms with Crippen LogP contribution in [0.2, 0.25) is 0 Å². The summed E-state index contributed by atoms with van der Waals surface area (Å²) in [5.41, 5.74) is 6.61. The van der Waals surface area contributed by atoms with Gasteiger partial charge in [0.1, 0.15) is 0 Å². The highest BCUT2D eigenvalue weighted by atomic mass is 32.1. The average Bonchev–Trinajstić information content (AvgIpc) is 3.16. The molecule has 0 spiro atoms. The topological polar surface area (TPSA) is 96.2 Å². The fourth-order valence-electron chi connectivity index (χ4n) is 3.47. The summed E-state index contributed by atoms with van der Waals surface area (Å²) in [6.45, 7) is 0.451. The number of carbonyl (C=O) groups is 2. The molecule has 1 aromatic carbocycles. The molecular formula is C20H26N4O2S. The maximum Gasteiger partial charge on any atom is 0.324 e. The predicted octanol–water partition coefficient (Wildman–Crippen LogP) is 4.03. The van der Waals surface area contributed by atoms with Gasteiger partial charge in [-0.05, 0) is 43.0 Å². The Morgan fingerprint density at radius 3 is 2.48 bits per heavy atom. The standard InChI is InChI=1S/C20H26N4O2S/c21-13-16(14-7-3-1-4-8-14)23-19(25)17-11-12-18(27-17)24-20(26)22-15-9-5-2-6-10-15/h2,5-6,9-12,14,16H,1,3-4,7-8,13,21H2,(H,23,25)(H2,22,24,26). The van der Waals surface area contributed by atoms with Gasteiger partial charge >= 0.3 is 6.03 Å². The summed E-state index contributed by atoms with van der Waals surface area (Å²) >= 11 is 1.25. The molecule has 3 amide bonds. The molecule has 6 nitrogen and oxygen atoms in total. The van der Waals surface area contributed by atoms with Gasteiger partial charge in [-0.25, -0.2) is 4.79 Å². The Labute approximate surface area is 163 Å². The number of hydrogen-bond donors (Lipinski definition) is 4. The average molecular weight is 387 g/mol. The van der Waals surface area contributed by atoms with Gasteiger partial charge in [0.25, 0.3) is 5.91 Å². The van der Waals surface area contributed by atoms with Gasteiger partial charge in [-0.3, -0.25) is 10.1 Å². The first-order valence-electron chi connectivity index (χ1n) is 9.39. The zero-order valence-electron chi connectivity index (χ0n) is 15.2. The number of rotatable bonds is 6. The van der Waals surface area contributed by atoms with Gasteiger partial charge in [0.15, 0.2) is 0 Å². The Bertz CT molecular complexity index is 756. The lowest BCUT2D eigenvalue weighted by Crippen LogP contribution is -2.45. The van der Waals surface area contributed by atoms with E-state index in [1.807, 2.05) is 30.3 Å². The van der Waals surface area contributed by atoms with Gasteiger partial charge in [-0.1, -0.05) is 37.5 Å². The van der Waals surface area contributed by atoms with E-state index in [4.69, 9.17) is 5.73 Å². The van der Waals surface area contributed by atoms with E-state index < -0.39 is 0 Å². The Kier molecular flexibility index (Phi) is 6.84. The Morgan fingerprint density at radius 1 is 1.04 bits per heavy atom. The molecule has 1 atom stereocenters. The van der Waals surface area contributed by atoms with E-state index in [2.05, 4.69) is 16.0 Å². The van der Waals surface area contributed by atoms with Crippen molar-refractivity contribution in [1.29, 1.82) is 0 Å². The predicted molar refractivity (Wildman–Crippen MR) is 110 cm³/mol. The first-order chi connectivity index (χ1) is 13.2. The van der Waals surface area contributed by atoms with E-state index in [1.165, 1.54) is 30.6 Å². The molecule has 2 aromatic rings. The van der Waals surface area contributed by atoms with Crippen LogP contribution in [0, 0.1) is 5.92 Å². The summed E-state index contributed by atoms with van der Waals surface area (Å²) in [5, 5.41) is 9.21. The summed E-state index contributed by atoms with van der Waals surface area (Å²) in [6, 6.07) is 12.3. The van der Waals surface area contributed by atoms with Crippen molar-refractivity contribution in [1.82, 2.24) is 5.32 Å². The van der Waals surface area contributed by atoms with E-state index in [1.54, 1.807) is 12.1 Å². The second-order valence-corrected chi connectivity index (χ2v) is 7.91. The van der Waals surface area contributed by atoms with Crippen molar-refractivity contribution in [2.45, 2.75) is 38.1 Å². The normalized spacial score (nSPS) is 15.7. The van der Waals surface area contributed by atoms with E-state index in [0.29, 0.717) is 28.0 Å². The third-order valence-corrected chi connectivity index (χ3v) is 5.89. The van der Waals surface area contributed by atoms with Crippen molar-refractivity contribution in [2.24, 2.45) is 11.7 Å². The number of nitrogens with two attached hydrogens (primary N) is 1. The van der Waals surface area contributed by atoms with Gasteiger partial charge in [-0.15, -0.1) is 11.3 Å². The third kappa shape index (κ3) is 5.55. The number of urea groups is 1. The number of carbonyl (C=O) groups excluding carboxylic acids is 2. The molecule has 0 radical (unpaired) electrons. The quantitative estimate of drug-likeness (QED) is 0.603. The van der Waals surface area contributed by atoms with E-state index in [9.17, 15) is 9.59 Å². The highest BCUT2D eigenvalue weighted by molar-refractivity contribution is 7.18. The SMILES string of the molecule is NCC(NC(=O)c1ccc(NC(=O)Nc2ccccc2)s1)C1CCCCC1. The lowest BCUT2D eigenvalue weighted by atomic mass is 9.84. The molecular weight excluding hydrogens is 360 g/mol. The van der Waals surface area contributed by atoms with E-state index in [-0.39, 0.29) is 18.0 Å². The third-order valence-electron chi connectivity index (χ3n) is 4.89. The van der Waals surface area contributed by atoms with Crippen molar-refractivity contribution < 1.29 is 9.59 Å². The molecule has 0 aliphatic heterocycles. The molecule has 1 aliphatic rings.